The Morgan fingerprint density at radius 2 is 1.95 bits per heavy atom. The molecular weight excluding hydrogens is 242 g/mol. The lowest BCUT2D eigenvalue weighted by atomic mass is 10.1. The van der Waals surface area contributed by atoms with Gasteiger partial charge in [-0.1, -0.05) is 0 Å². The number of rotatable bonds is 6. The van der Waals surface area contributed by atoms with Gasteiger partial charge in [0, 0.05) is 19.3 Å². The highest BCUT2D eigenvalue weighted by atomic mass is 16.5. The molecule has 4 nitrogen and oxygen atoms in total. The molecule has 0 atom stereocenters. The van der Waals surface area contributed by atoms with E-state index in [-0.39, 0.29) is 11.4 Å². The van der Waals surface area contributed by atoms with E-state index in [1.807, 2.05) is 38.2 Å². The zero-order valence-corrected chi connectivity index (χ0v) is 11.8. The van der Waals surface area contributed by atoms with Crippen LogP contribution in [0, 0.1) is 5.41 Å². The van der Waals surface area contributed by atoms with Gasteiger partial charge in [0.15, 0.2) is 0 Å². The number of esters is 1. The molecule has 104 valence electrons. The molecule has 1 aromatic carbocycles. The summed E-state index contributed by atoms with van der Waals surface area (Å²) in [5.41, 5.74) is 0.792. The average molecular weight is 263 g/mol. The molecule has 1 saturated carbocycles. The Labute approximate surface area is 114 Å². The van der Waals surface area contributed by atoms with Gasteiger partial charge in [0.1, 0.15) is 5.75 Å². The zero-order valence-electron chi connectivity index (χ0n) is 11.8. The molecule has 1 aliphatic carbocycles. The highest BCUT2D eigenvalue weighted by Gasteiger charge is 2.51. The van der Waals surface area contributed by atoms with Crippen molar-refractivity contribution in [1.29, 1.82) is 0 Å². The predicted octanol–water partition coefficient (Wildman–Crippen LogP) is 2.47. The molecule has 1 aromatic rings. The van der Waals surface area contributed by atoms with Gasteiger partial charge < -0.3 is 14.4 Å². The van der Waals surface area contributed by atoms with E-state index in [4.69, 9.17) is 9.47 Å². The van der Waals surface area contributed by atoms with Crippen LogP contribution in [-0.2, 0) is 9.53 Å². The predicted molar refractivity (Wildman–Crippen MR) is 74.6 cm³/mol. The lowest BCUT2D eigenvalue weighted by Gasteiger charge is -2.24. The van der Waals surface area contributed by atoms with Crippen LogP contribution in [0.5, 0.6) is 5.75 Å². The maximum absolute atomic E-state index is 11.7. The van der Waals surface area contributed by atoms with Gasteiger partial charge in [0.05, 0.1) is 19.1 Å². The molecule has 0 radical (unpaired) electrons. The first kappa shape index (κ1) is 13.7. The standard InChI is InChI=1S/C15H21NO3/c1-4-19-13-7-5-12(6-8-13)16(2)11-15(9-10-15)14(17)18-3/h5-8H,4,9-11H2,1-3H3. The third kappa shape index (κ3) is 3.00. The molecule has 0 unspecified atom stereocenters. The van der Waals surface area contributed by atoms with Crippen LogP contribution in [0.15, 0.2) is 24.3 Å². The van der Waals surface area contributed by atoms with E-state index in [1.165, 1.54) is 7.11 Å². The fourth-order valence-corrected chi connectivity index (χ4v) is 2.30. The van der Waals surface area contributed by atoms with Gasteiger partial charge in [0.2, 0.25) is 0 Å². The summed E-state index contributed by atoms with van der Waals surface area (Å²) in [6, 6.07) is 7.93. The molecule has 0 N–H and O–H groups in total. The van der Waals surface area contributed by atoms with Crippen LogP contribution in [-0.4, -0.2) is 33.3 Å². The summed E-state index contributed by atoms with van der Waals surface area (Å²) in [6.45, 7) is 3.33. The van der Waals surface area contributed by atoms with E-state index in [0.29, 0.717) is 13.2 Å². The molecule has 0 aliphatic heterocycles. The zero-order chi connectivity index (χ0) is 13.9. The lowest BCUT2D eigenvalue weighted by Crippen LogP contribution is -2.32. The largest absolute Gasteiger partial charge is 0.494 e. The maximum Gasteiger partial charge on any atom is 0.313 e. The Morgan fingerprint density at radius 1 is 1.32 bits per heavy atom. The van der Waals surface area contributed by atoms with Crippen molar-refractivity contribution in [2.24, 2.45) is 5.41 Å². The normalized spacial score (nSPS) is 15.7. The van der Waals surface area contributed by atoms with E-state index in [9.17, 15) is 4.79 Å². The number of nitrogens with zero attached hydrogens (tertiary/aromatic N) is 1. The molecule has 1 fully saturated rings. The van der Waals surface area contributed by atoms with Crippen LogP contribution in [0.1, 0.15) is 19.8 Å². The quantitative estimate of drug-likeness (QED) is 0.739. The topological polar surface area (TPSA) is 38.8 Å². The maximum atomic E-state index is 11.7. The van der Waals surface area contributed by atoms with Crippen molar-refractivity contribution in [1.82, 2.24) is 0 Å². The van der Waals surface area contributed by atoms with Gasteiger partial charge in [-0.2, -0.15) is 0 Å². The van der Waals surface area contributed by atoms with Crippen LogP contribution in [0.3, 0.4) is 0 Å². The van der Waals surface area contributed by atoms with E-state index in [2.05, 4.69) is 4.90 Å². The molecule has 0 amide bonds. The van der Waals surface area contributed by atoms with Gasteiger partial charge in [0.25, 0.3) is 0 Å². The lowest BCUT2D eigenvalue weighted by molar-refractivity contribution is -0.146. The first-order chi connectivity index (χ1) is 9.11. The van der Waals surface area contributed by atoms with Crippen molar-refractivity contribution in [3.63, 3.8) is 0 Å². The number of hydrogen-bond acceptors (Lipinski definition) is 4. The van der Waals surface area contributed by atoms with Gasteiger partial charge in [-0.3, -0.25) is 4.79 Å². The highest BCUT2D eigenvalue weighted by molar-refractivity contribution is 5.80. The van der Waals surface area contributed by atoms with E-state index < -0.39 is 0 Å². The average Bonchev–Trinajstić information content (AvgIpc) is 3.20. The van der Waals surface area contributed by atoms with Crippen molar-refractivity contribution >= 4 is 11.7 Å². The van der Waals surface area contributed by atoms with Gasteiger partial charge in [-0.05, 0) is 44.0 Å². The second kappa shape index (κ2) is 5.51. The molecule has 1 aliphatic rings. The second-order valence-electron chi connectivity index (χ2n) is 5.05. The summed E-state index contributed by atoms with van der Waals surface area (Å²) in [4.78, 5) is 13.8. The fraction of sp³-hybridized carbons (Fsp3) is 0.533. The molecule has 0 spiro atoms. The van der Waals surface area contributed by atoms with Crippen molar-refractivity contribution in [2.75, 3.05) is 32.2 Å². The van der Waals surface area contributed by atoms with Crippen molar-refractivity contribution < 1.29 is 14.3 Å². The van der Waals surface area contributed by atoms with Crippen LogP contribution < -0.4 is 9.64 Å². The van der Waals surface area contributed by atoms with Gasteiger partial charge >= 0.3 is 5.97 Å². The summed E-state index contributed by atoms with van der Waals surface area (Å²) in [6.07, 6.45) is 1.84. The smallest absolute Gasteiger partial charge is 0.313 e. The Balaban J connectivity index is 2.00. The minimum absolute atomic E-state index is 0.0923. The fourth-order valence-electron chi connectivity index (χ4n) is 2.30. The molecule has 0 heterocycles. The summed E-state index contributed by atoms with van der Waals surface area (Å²) < 4.78 is 10.3. The third-order valence-corrected chi connectivity index (χ3v) is 3.60. The molecule has 19 heavy (non-hydrogen) atoms. The van der Waals surface area contributed by atoms with E-state index in [0.717, 1.165) is 24.3 Å². The number of anilines is 1. The highest BCUT2D eigenvalue weighted by Crippen LogP contribution is 2.47. The van der Waals surface area contributed by atoms with Crippen LogP contribution in [0.4, 0.5) is 5.69 Å². The molecule has 4 heteroatoms. The molecule has 0 aromatic heterocycles. The Kier molecular flexibility index (Phi) is 3.98. The van der Waals surface area contributed by atoms with Crippen LogP contribution >= 0.6 is 0 Å². The Morgan fingerprint density at radius 3 is 2.42 bits per heavy atom. The summed E-state index contributed by atoms with van der Waals surface area (Å²) in [5, 5.41) is 0. The number of methoxy groups -OCH3 is 1. The minimum atomic E-state index is -0.290. The number of hydrogen-bond donors (Lipinski definition) is 0. The van der Waals surface area contributed by atoms with Crippen molar-refractivity contribution in [3.05, 3.63) is 24.3 Å². The number of carbonyl (C=O) groups excluding carboxylic acids is 1. The summed E-state index contributed by atoms with van der Waals surface area (Å²) >= 11 is 0. The molecule has 0 saturated heterocycles. The summed E-state index contributed by atoms with van der Waals surface area (Å²) in [7, 11) is 3.46. The first-order valence-corrected chi connectivity index (χ1v) is 6.64. The third-order valence-electron chi connectivity index (χ3n) is 3.60. The van der Waals surface area contributed by atoms with Crippen LogP contribution in [0.25, 0.3) is 0 Å². The summed E-state index contributed by atoms with van der Waals surface area (Å²) in [5.74, 6) is 0.777. The number of benzene rings is 1. The molecule has 2 rings (SSSR count). The van der Waals surface area contributed by atoms with Crippen LogP contribution in [0.2, 0.25) is 0 Å². The van der Waals surface area contributed by atoms with Crippen molar-refractivity contribution in [3.8, 4) is 5.75 Å². The first-order valence-electron chi connectivity index (χ1n) is 6.64. The van der Waals surface area contributed by atoms with E-state index in [1.54, 1.807) is 0 Å². The second-order valence-corrected chi connectivity index (χ2v) is 5.05. The number of ether oxygens (including phenoxy) is 2. The Hall–Kier alpha value is -1.71. The van der Waals surface area contributed by atoms with Crippen molar-refractivity contribution in [2.45, 2.75) is 19.8 Å². The Bertz CT molecular complexity index is 437. The molecule has 0 bridgehead atoms. The minimum Gasteiger partial charge on any atom is -0.494 e. The van der Waals surface area contributed by atoms with E-state index >= 15 is 0 Å². The monoisotopic (exact) mass is 263 g/mol. The van der Waals surface area contributed by atoms with Gasteiger partial charge in [-0.25, -0.2) is 0 Å². The number of carbonyl (C=O) groups is 1. The van der Waals surface area contributed by atoms with Gasteiger partial charge in [-0.15, -0.1) is 0 Å². The molecular formula is C15H21NO3. The SMILES string of the molecule is CCOc1ccc(N(C)CC2(C(=O)OC)CC2)cc1.